The highest BCUT2D eigenvalue weighted by atomic mass is 16.5. The van der Waals surface area contributed by atoms with Gasteiger partial charge < -0.3 is 9.64 Å². The number of nitrogens with zero attached hydrogens (tertiary/aromatic N) is 1. The average Bonchev–Trinajstić information content (AvgIpc) is 2.56. The van der Waals surface area contributed by atoms with Crippen molar-refractivity contribution in [1.82, 2.24) is 4.90 Å². The Hall–Kier alpha value is -1.61. The molecule has 1 saturated carbocycles. The molecule has 0 radical (unpaired) electrons. The lowest BCUT2D eigenvalue weighted by Gasteiger charge is -2.61. The van der Waals surface area contributed by atoms with E-state index in [2.05, 4.69) is 44.5 Å². The minimum Gasteiger partial charge on any atom is -0.497 e. The summed E-state index contributed by atoms with van der Waals surface area (Å²) >= 11 is 0. The SMILES string of the molecule is C=C1C(=O)C(C)(C)CC2C3Cc4ccc(OC)cc4C12CCN3C. The highest BCUT2D eigenvalue weighted by molar-refractivity contribution is 6.02. The maximum absolute atomic E-state index is 13.1. The Morgan fingerprint density at radius 3 is 2.79 bits per heavy atom. The lowest BCUT2D eigenvalue weighted by molar-refractivity contribution is -0.131. The zero-order valence-electron chi connectivity index (χ0n) is 15.2. The molecule has 1 aromatic carbocycles. The number of likely N-dealkylation sites (tertiary alicyclic amines) is 1. The van der Waals surface area contributed by atoms with Gasteiger partial charge >= 0.3 is 0 Å². The summed E-state index contributed by atoms with van der Waals surface area (Å²) in [6.07, 6.45) is 2.97. The van der Waals surface area contributed by atoms with E-state index < -0.39 is 0 Å². The maximum Gasteiger partial charge on any atom is 0.164 e. The van der Waals surface area contributed by atoms with Crippen LogP contribution in [0.2, 0.25) is 0 Å². The molecule has 1 aliphatic heterocycles. The summed E-state index contributed by atoms with van der Waals surface area (Å²) in [5.74, 6) is 1.58. The van der Waals surface area contributed by atoms with Crippen molar-refractivity contribution in [1.29, 1.82) is 0 Å². The molecule has 3 heteroatoms. The summed E-state index contributed by atoms with van der Waals surface area (Å²) in [6, 6.07) is 6.89. The number of ketones is 1. The number of rotatable bonds is 1. The van der Waals surface area contributed by atoms with E-state index in [1.54, 1.807) is 7.11 Å². The van der Waals surface area contributed by atoms with Gasteiger partial charge in [0.2, 0.25) is 0 Å². The standard InChI is InChI=1S/C21H27NO2/c1-13-19(23)20(2,3)12-17-18-10-14-6-7-15(24-5)11-16(14)21(13,17)8-9-22(18)4/h6-7,11,17-18H,1,8-10,12H2,2-5H3. The van der Waals surface area contributed by atoms with Gasteiger partial charge in [0, 0.05) is 16.9 Å². The van der Waals surface area contributed by atoms with Crippen LogP contribution in [0, 0.1) is 11.3 Å². The van der Waals surface area contributed by atoms with Crippen LogP contribution in [-0.2, 0) is 16.6 Å². The van der Waals surface area contributed by atoms with Gasteiger partial charge in [0.1, 0.15) is 5.75 Å². The Morgan fingerprint density at radius 1 is 1.33 bits per heavy atom. The van der Waals surface area contributed by atoms with Gasteiger partial charge in [-0.3, -0.25) is 4.79 Å². The van der Waals surface area contributed by atoms with Crippen LogP contribution in [0.4, 0.5) is 0 Å². The lowest BCUT2D eigenvalue weighted by atomic mass is 9.46. The molecule has 128 valence electrons. The Balaban J connectivity index is 1.97. The summed E-state index contributed by atoms with van der Waals surface area (Å²) < 4.78 is 5.49. The molecule has 1 aromatic rings. The highest BCUT2D eigenvalue weighted by Crippen LogP contribution is 2.60. The quantitative estimate of drug-likeness (QED) is 0.742. The zero-order chi connectivity index (χ0) is 17.3. The van der Waals surface area contributed by atoms with Crippen molar-refractivity contribution >= 4 is 5.78 Å². The molecule has 0 spiro atoms. The van der Waals surface area contributed by atoms with Gasteiger partial charge in [0.15, 0.2) is 5.78 Å². The third-order valence-corrected chi connectivity index (χ3v) is 6.91. The van der Waals surface area contributed by atoms with Crippen LogP contribution in [0.3, 0.4) is 0 Å². The van der Waals surface area contributed by atoms with E-state index in [4.69, 9.17) is 4.74 Å². The monoisotopic (exact) mass is 325 g/mol. The third kappa shape index (κ3) is 1.85. The second-order valence-electron chi connectivity index (χ2n) is 8.50. The van der Waals surface area contributed by atoms with Crippen molar-refractivity contribution < 1.29 is 9.53 Å². The van der Waals surface area contributed by atoms with Crippen molar-refractivity contribution in [2.24, 2.45) is 11.3 Å². The summed E-state index contributed by atoms with van der Waals surface area (Å²) in [4.78, 5) is 15.6. The van der Waals surface area contributed by atoms with E-state index in [0.29, 0.717) is 12.0 Å². The van der Waals surface area contributed by atoms with Crippen molar-refractivity contribution in [3.63, 3.8) is 0 Å². The van der Waals surface area contributed by atoms with Gasteiger partial charge in [-0.15, -0.1) is 0 Å². The molecule has 3 atom stereocenters. The van der Waals surface area contributed by atoms with Crippen LogP contribution >= 0.6 is 0 Å². The molecular formula is C21H27NO2. The van der Waals surface area contributed by atoms with Gasteiger partial charge in [-0.25, -0.2) is 0 Å². The summed E-state index contributed by atoms with van der Waals surface area (Å²) in [6.45, 7) is 9.55. The van der Waals surface area contributed by atoms with E-state index in [1.807, 2.05) is 6.07 Å². The van der Waals surface area contributed by atoms with E-state index >= 15 is 0 Å². The van der Waals surface area contributed by atoms with Gasteiger partial charge in [-0.05, 0) is 67.6 Å². The third-order valence-electron chi connectivity index (χ3n) is 6.91. The van der Waals surface area contributed by atoms with Gasteiger partial charge in [0.25, 0.3) is 0 Å². The molecule has 1 heterocycles. The molecule has 24 heavy (non-hydrogen) atoms. The predicted octanol–water partition coefficient (Wildman–Crippen LogP) is 3.36. The summed E-state index contributed by atoms with van der Waals surface area (Å²) in [7, 11) is 3.94. The fraction of sp³-hybridized carbons (Fsp3) is 0.571. The van der Waals surface area contributed by atoms with E-state index in [1.165, 1.54) is 11.1 Å². The van der Waals surface area contributed by atoms with E-state index in [-0.39, 0.29) is 16.6 Å². The lowest BCUT2D eigenvalue weighted by Crippen LogP contribution is -2.64. The number of piperidine rings is 1. The van der Waals surface area contributed by atoms with Crippen LogP contribution in [0.5, 0.6) is 5.75 Å². The van der Waals surface area contributed by atoms with Gasteiger partial charge in [-0.1, -0.05) is 26.5 Å². The minimum atomic E-state index is -0.307. The first-order valence-corrected chi connectivity index (χ1v) is 8.93. The van der Waals surface area contributed by atoms with Crippen molar-refractivity contribution in [3.8, 4) is 5.75 Å². The number of ether oxygens (including phenoxy) is 1. The summed E-state index contributed by atoms with van der Waals surface area (Å²) in [5.41, 5.74) is 2.97. The Bertz CT molecular complexity index is 735. The Labute approximate surface area is 144 Å². The molecule has 2 bridgehead atoms. The molecule has 0 amide bonds. The second-order valence-corrected chi connectivity index (χ2v) is 8.50. The number of fused-ring (bicyclic) bond motifs is 1. The molecule has 2 fully saturated rings. The topological polar surface area (TPSA) is 29.5 Å². The molecule has 3 nitrogen and oxygen atoms in total. The first kappa shape index (κ1) is 15.9. The number of carbonyl (C=O) groups excluding carboxylic acids is 1. The fourth-order valence-electron chi connectivity index (χ4n) is 5.57. The first-order chi connectivity index (χ1) is 11.3. The minimum absolute atomic E-state index is 0.202. The molecule has 4 rings (SSSR count). The number of hydrogen-bond acceptors (Lipinski definition) is 3. The van der Waals surface area contributed by atoms with E-state index in [9.17, 15) is 4.79 Å². The Morgan fingerprint density at radius 2 is 2.08 bits per heavy atom. The number of likely N-dealkylation sites (N-methyl/N-ethyl adjacent to an activating group) is 1. The number of Topliss-reactive ketones (excluding diaryl/α,β-unsaturated/α-hetero) is 1. The molecule has 3 unspecified atom stereocenters. The second kappa shape index (κ2) is 4.95. The average molecular weight is 325 g/mol. The number of methoxy groups -OCH3 is 1. The predicted molar refractivity (Wildman–Crippen MR) is 95.4 cm³/mol. The molecule has 0 aromatic heterocycles. The molecule has 0 N–H and O–H groups in total. The number of allylic oxidation sites excluding steroid dienone is 1. The molecule has 3 aliphatic rings. The normalized spacial score (nSPS) is 34.5. The van der Waals surface area contributed by atoms with Crippen LogP contribution < -0.4 is 4.74 Å². The molecular weight excluding hydrogens is 298 g/mol. The van der Waals surface area contributed by atoms with Crippen molar-refractivity contribution in [2.45, 2.75) is 44.6 Å². The number of benzene rings is 1. The van der Waals surface area contributed by atoms with Gasteiger partial charge in [-0.2, -0.15) is 0 Å². The van der Waals surface area contributed by atoms with Crippen LogP contribution in [0.1, 0.15) is 37.8 Å². The van der Waals surface area contributed by atoms with Crippen molar-refractivity contribution in [2.75, 3.05) is 20.7 Å². The fourth-order valence-corrected chi connectivity index (χ4v) is 5.57. The molecule has 2 aliphatic carbocycles. The maximum atomic E-state index is 13.1. The van der Waals surface area contributed by atoms with Crippen LogP contribution in [0.15, 0.2) is 30.4 Å². The van der Waals surface area contributed by atoms with Crippen molar-refractivity contribution in [3.05, 3.63) is 41.5 Å². The van der Waals surface area contributed by atoms with E-state index in [0.717, 1.165) is 37.1 Å². The zero-order valence-corrected chi connectivity index (χ0v) is 15.2. The number of hydrogen-bond donors (Lipinski definition) is 0. The molecule has 1 saturated heterocycles. The first-order valence-electron chi connectivity index (χ1n) is 8.93. The number of carbonyl (C=O) groups is 1. The van der Waals surface area contributed by atoms with Gasteiger partial charge in [0.05, 0.1) is 7.11 Å². The smallest absolute Gasteiger partial charge is 0.164 e. The summed E-state index contributed by atoms with van der Waals surface area (Å²) in [5, 5.41) is 0. The highest BCUT2D eigenvalue weighted by Gasteiger charge is 2.60. The Kier molecular flexibility index (Phi) is 3.28. The van der Waals surface area contributed by atoms with Crippen LogP contribution in [0.25, 0.3) is 0 Å². The largest absolute Gasteiger partial charge is 0.497 e. The van der Waals surface area contributed by atoms with Crippen LogP contribution in [-0.4, -0.2) is 37.4 Å².